The fourth-order valence-electron chi connectivity index (χ4n) is 1.75. The van der Waals surface area contributed by atoms with Gasteiger partial charge in [0.05, 0.1) is 25.5 Å². The van der Waals surface area contributed by atoms with E-state index in [0.717, 1.165) is 22.5 Å². The summed E-state index contributed by atoms with van der Waals surface area (Å²) < 4.78 is 9.88. The molecule has 0 aliphatic carbocycles. The second-order valence-electron chi connectivity index (χ2n) is 4.65. The number of rotatable bonds is 4. The van der Waals surface area contributed by atoms with Crippen LogP contribution >= 0.6 is 11.6 Å². The quantitative estimate of drug-likeness (QED) is 0.627. The van der Waals surface area contributed by atoms with E-state index in [-0.39, 0.29) is 0 Å². The average molecular weight is 334 g/mol. The fourth-order valence-corrected chi connectivity index (χ4v) is 2.04. The highest BCUT2D eigenvalue weighted by molar-refractivity contribution is 6.17. The summed E-state index contributed by atoms with van der Waals surface area (Å²) in [5.41, 5.74) is 3.81. The Balaban J connectivity index is 0.000000231. The zero-order chi connectivity index (χ0) is 17.2. The Morgan fingerprint density at radius 2 is 1.43 bits per heavy atom. The van der Waals surface area contributed by atoms with Crippen LogP contribution in [0.3, 0.4) is 0 Å². The van der Waals surface area contributed by atoms with Crippen molar-refractivity contribution in [1.82, 2.24) is 9.97 Å². The molecule has 0 saturated heterocycles. The van der Waals surface area contributed by atoms with Crippen LogP contribution < -0.4 is 9.47 Å². The third-order valence-electron chi connectivity index (χ3n) is 3.15. The van der Waals surface area contributed by atoms with Gasteiger partial charge in [0.1, 0.15) is 0 Å². The zero-order valence-electron chi connectivity index (χ0n) is 13.8. The average Bonchev–Trinajstić information content (AvgIpc) is 2.57. The summed E-state index contributed by atoms with van der Waals surface area (Å²) in [6.07, 6.45) is 0. The molecule has 0 saturated carbocycles. The van der Waals surface area contributed by atoms with E-state index in [2.05, 4.69) is 14.8 Å². The highest BCUT2D eigenvalue weighted by Crippen LogP contribution is 2.13. The lowest BCUT2D eigenvalue weighted by Crippen LogP contribution is -1.93. The molecule has 5 nitrogen and oxygen atoms in total. The highest BCUT2D eigenvalue weighted by atomic mass is 35.5. The number of hydrogen-bond acceptors (Lipinski definition) is 4. The number of ether oxygens (including phenoxy) is 2. The van der Waals surface area contributed by atoms with Crippen LogP contribution in [0.5, 0.6) is 11.8 Å². The van der Waals surface area contributed by atoms with Gasteiger partial charge in [0.2, 0.25) is 18.3 Å². The lowest BCUT2D eigenvalue weighted by molar-refractivity contribution is 0.396. The van der Waals surface area contributed by atoms with Gasteiger partial charge in [0.25, 0.3) is 0 Å². The molecule has 0 bridgehead atoms. The van der Waals surface area contributed by atoms with Crippen LogP contribution in [0.1, 0.15) is 22.5 Å². The van der Waals surface area contributed by atoms with E-state index in [0.29, 0.717) is 24.2 Å². The van der Waals surface area contributed by atoms with Crippen molar-refractivity contribution >= 4 is 11.6 Å². The van der Waals surface area contributed by atoms with E-state index in [4.69, 9.17) is 27.6 Å². The van der Waals surface area contributed by atoms with Gasteiger partial charge in [-0.05, 0) is 25.5 Å². The van der Waals surface area contributed by atoms with Gasteiger partial charge in [-0.2, -0.15) is 0 Å². The van der Waals surface area contributed by atoms with Gasteiger partial charge in [0, 0.05) is 23.7 Å². The molecule has 6 heteroatoms. The van der Waals surface area contributed by atoms with Crippen LogP contribution in [-0.4, -0.2) is 24.2 Å². The van der Waals surface area contributed by atoms with E-state index in [1.807, 2.05) is 32.0 Å². The van der Waals surface area contributed by atoms with Crippen LogP contribution in [0.2, 0.25) is 0 Å². The molecule has 0 aliphatic rings. The number of alkyl halides is 1. The molecule has 122 valence electrons. The molecule has 23 heavy (non-hydrogen) atoms. The SMILES string of the molecule is COc1ccc(CCl)c(C)n1.[C-]#[N+]Cc1ccc(OC)nc1C. The summed E-state index contributed by atoms with van der Waals surface area (Å²) in [5, 5.41) is 0. The van der Waals surface area contributed by atoms with Crippen LogP contribution in [0.4, 0.5) is 0 Å². The van der Waals surface area contributed by atoms with E-state index in [9.17, 15) is 0 Å². The molecule has 0 amide bonds. The third-order valence-corrected chi connectivity index (χ3v) is 3.44. The summed E-state index contributed by atoms with van der Waals surface area (Å²) in [6.45, 7) is 10.9. The molecule has 0 aliphatic heterocycles. The van der Waals surface area contributed by atoms with E-state index >= 15 is 0 Å². The number of pyridine rings is 2. The minimum Gasteiger partial charge on any atom is -0.481 e. The van der Waals surface area contributed by atoms with Crippen molar-refractivity contribution in [3.8, 4) is 11.8 Å². The Bertz CT molecular complexity index is 684. The first-order valence-corrected chi connectivity index (χ1v) is 7.49. The molecular weight excluding hydrogens is 314 g/mol. The summed E-state index contributed by atoms with van der Waals surface area (Å²) in [6, 6.07) is 7.38. The first kappa shape index (κ1) is 18.7. The minimum atomic E-state index is 0.392. The number of aryl methyl sites for hydroxylation is 2. The highest BCUT2D eigenvalue weighted by Gasteiger charge is 2.02. The standard InChI is InChI=1S/C9H10N2O.C8H10ClNO/c1-7-8(6-10-2)4-5-9(11-7)12-3;1-6-7(5-9)3-4-8(10-6)11-2/h4-5H,6H2,1,3H3;3-4H,5H2,1-2H3. The molecule has 2 aromatic rings. The monoisotopic (exact) mass is 333 g/mol. The van der Waals surface area contributed by atoms with Gasteiger partial charge in [-0.1, -0.05) is 6.07 Å². The Morgan fingerprint density at radius 3 is 1.78 bits per heavy atom. The topological polar surface area (TPSA) is 48.6 Å². The fraction of sp³-hybridized carbons (Fsp3) is 0.353. The number of aromatic nitrogens is 2. The number of hydrogen-bond donors (Lipinski definition) is 0. The van der Waals surface area contributed by atoms with Gasteiger partial charge in [-0.3, -0.25) is 0 Å². The lowest BCUT2D eigenvalue weighted by Gasteiger charge is -2.02. The van der Waals surface area contributed by atoms with E-state index in [1.54, 1.807) is 20.3 Å². The molecule has 0 unspecified atom stereocenters. The van der Waals surface area contributed by atoms with Gasteiger partial charge >= 0.3 is 0 Å². The molecule has 0 N–H and O–H groups in total. The maximum absolute atomic E-state index is 6.70. The Kier molecular flexibility index (Phi) is 7.86. The molecule has 0 radical (unpaired) electrons. The minimum absolute atomic E-state index is 0.392. The molecule has 0 spiro atoms. The molecule has 2 aromatic heterocycles. The number of halogens is 1. The maximum Gasteiger partial charge on any atom is 0.241 e. The van der Waals surface area contributed by atoms with Crippen molar-refractivity contribution in [1.29, 1.82) is 0 Å². The summed E-state index contributed by atoms with van der Waals surface area (Å²) in [7, 11) is 3.18. The predicted octanol–water partition coefficient (Wildman–Crippen LogP) is 3.96. The Morgan fingerprint density at radius 1 is 0.957 bits per heavy atom. The molecule has 0 fully saturated rings. The van der Waals surface area contributed by atoms with Crippen LogP contribution in [0.25, 0.3) is 4.85 Å². The third kappa shape index (κ3) is 5.76. The predicted molar refractivity (Wildman–Crippen MR) is 90.9 cm³/mol. The largest absolute Gasteiger partial charge is 0.481 e. The normalized spacial score (nSPS) is 9.39. The second-order valence-corrected chi connectivity index (χ2v) is 4.91. The maximum atomic E-state index is 6.70. The van der Waals surface area contributed by atoms with Crippen molar-refractivity contribution in [3.05, 3.63) is 58.2 Å². The van der Waals surface area contributed by atoms with Gasteiger partial charge in [-0.25, -0.2) is 16.5 Å². The summed E-state index contributed by atoms with van der Waals surface area (Å²) >= 11 is 5.65. The van der Waals surface area contributed by atoms with Crippen LogP contribution in [0.15, 0.2) is 24.3 Å². The zero-order valence-corrected chi connectivity index (χ0v) is 14.5. The van der Waals surface area contributed by atoms with Crippen molar-refractivity contribution < 1.29 is 9.47 Å². The van der Waals surface area contributed by atoms with Crippen molar-refractivity contribution in [3.63, 3.8) is 0 Å². The van der Waals surface area contributed by atoms with Crippen LogP contribution in [0, 0.1) is 20.4 Å². The van der Waals surface area contributed by atoms with Crippen molar-refractivity contribution in [2.45, 2.75) is 26.3 Å². The van der Waals surface area contributed by atoms with E-state index in [1.165, 1.54) is 0 Å². The lowest BCUT2D eigenvalue weighted by atomic mass is 10.2. The van der Waals surface area contributed by atoms with Crippen molar-refractivity contribution in [2.75, 3.05) is 14.2 Å². The van der Waals surface area contributed by atoms with Gasteiger partial charge in [-0.15, -0.1) is 11.6 Å². The molecule has 0 atom stereocenters. The Hall–Kier alpha value is -2.32. The molecule has 2 rings (SSSR count). The summed E-state index contributed by atoms with van der Waals surface area (Å²) in [4.78, 5) is 11.6. The van der Waals surface area contributed by atoms with Crippen molar-refractivity contribution in [2.24, 2.45) is 0 Å². The molecule has 0 aromatic carbocycles. The first-order chi connectivity index (χ1) is 11.0. The van der Waals surface area contributed by atoms with E-state index < -0.39 is 0 Å². The molecule has 2 heterocycles. The smallest absolute Gasteiger partial charge is 0.241 e. The summed E-state index contributed by atoms with van der Waals surface area (Å²) in [5.74, 6) is 1.74. The first-order valence-electron chi connectivity index (χ1n) is 6.95. The number of nitrogens with zero attached hydrogens (tertiary/aromatic N) is 3. The Labute approximate surface area is 142 Å². The van der Waals surface area contributed by atoms with Gasteiger partial charge in [0.15, 0.2) is 0 Å². The van der Waals surface area contributed by atoms with Crippen LogP contribution in [-0.2, 0) is 12.4 Å². The molecular formula is C17H20ClN3O2. The van der Waals surface area contributed by atoms with Gasteiger partial charge < -0.3 is 14.3 Å². The number of methoxy groups -OCH3 is 2. The second kappa shape index (κ2) is 9.65.